The van der Waals surface area contributed by atoms with Crippen molar-refractivity contribution in [1.82, 2.24) is 0 Å². The second kappa shape index (κ2) is 4.42. The number of thiophene rings is 1. The van der Waals surface area contributed by atoms with Crippen LogP contribution in [0.25, 0.3) is 10.1 Å². The number of Topliss-reactive ketones (excluding diaryl/α,β-unsaturated/α-hetero) is 1. The number of benzene rings is 1. The zero-order valence-electron chi connectivity index (χ0n) is 8.28. The quantitative estimate of drug-likeness (QED) is 0.795. The molecule has 0 aliphatic carbocycles. The number of fused-ring (bicyclic) bond motifs is 1. The van der Waals surface area contributed by atoms with Gasteiger partial charge in [0.1, 0.15) is 10.6 Å². The molecule has 0 aliphatic rings. The van der Waals surface area contributed by atoms with Crippen molar-refractivity contribution < 1.29 is 15.4 Å². The predicted molar refractivity (Wildman–Crippen MR) is 61.7 cm³/mol. The van der Waals surface area contributed by atoms with Crippen molar-refractivity contribution in [3.8, 4) is 5.75 Å². The molecule has 1 aromatic carbocycles. The van der Waals surface area contributed by atoms with Crippen LogP contribution in [0, 0.1) is 0 Å². The summed E-state index contributed by atoms with van der Waals surface area (Å²) in [6.07, 6.45) is 0.431. The standard InChI is InChI=1S/C11H10O2S.H2O/c1-2-8(12)11-10(13)7-5-3-4-6-9(7)14-11;/h3-6,13H,2H2,1H3;1H2. The van der Waals surface area contributed by atoms with Crippen LogP contribution < -0.4 is 0 Å². The normalized spacial score (nSPS) is 9.93. The van der Waals surface area contributed by atoms with Gasteiger partial charge < -0.3 is 10.6 Å². The second-order valence-electron chi connectivity index (χ2n) is 3.05. The number of carbonyl (C=O) groups excluding carboxylic acids is 1. The van der Waals surface area contributed by atoms with Gasteiger partial charge >= 0.3 is 0 Å². The van der Waals surface area contributed by atoms with Crippen molar-refractivity contribution in [2.75, 3.05) is 0 Å². The Morgan fingerprint density at radius 3 is 2.67 bits per heavy atom. The highest BCUT2D eigenvalue weighted by atomic mass is 32.1. The Labute approximate surface area is 91.3 Å². The third-order valence-corrected chi connectivity index (χ3v) is 3.34. The Bertz CT molecular complexity index is 488. The Morgan fingerprint density at radius 1 is 1.40 bits per heavy atom. The number of ketones is 1. The van der Waals surface area contributed by atoms with Gasteiger partial charge in [-0.05, 0) is 12.1 Å². The number of hydrogen-bond donors (Lipinski definition) is 1. The smallest absolute Gasteiger partial charge is 0.176 e. The van der Waals surface area contributed by atoms with Gasteiger partial charge in [-0.25, -0.2) is 0 Å². The molecule has 0 atom stereocenters. The molecular formula is C11H12O3S. The van der Waals surface area contributed by atoms with Gasteiger partial charge in [-0.3, -0.25) is 4.79 Å². The first-order valence-corrected chi connectivity index (χ1v) is 5.29. The van der Waals surface area contributed by atoms with Crippen molar-refractivity contribution in [1.29, 1.82) is 0 Å². The summed E-state index contributed by atoms with van der Waals surface area (Å²) in [5.74, 6) is 0.140. The largest absolute Gasteiger partial charge is 0.506 e. The minimum atomic E-state index is 0. The molecule has 0 fully saturated rings. The van der Waals surface area contributed by atoms with E-state index >= 15 is 0 Å². The Kier molecular flexibility index (Phi) is 3.44. The van der Waals surface area contributed by atoms with Crippen molar-refractivity contribution in [2.24, 2.45) is 0 Å². The molecule has 0 saturated heterocycles. The lowest BCUT2D eigenvalue weighted by Gasteiger charge is -1.92. The van der Waals surface area contributed by atoms with E-state index < -0.39 is 0 Å². The van der Waals surface area contributed by atoms with Gasteiger partial charge in [-0.2, -0.15) is 0 Å². The Balaban J connectivity index is 0.00000112. The molecule has 0 amide bonds. The summed E-state index contributed by atoms with van der Waals surface area (Å²) >= 11 is 1.36. The minimum absolute atomic E-state index is 0. The van der Waals surface area contributed by atoms with Crippen LogP contribution in [0.2, 0.25) is 0 Å². The van der Waals surface area contributed by atoms with Crippen LogP contribution in [0.5, 0.6) is 5.75 Å². The van der Waals surface area contributed by atoms with Crippen molar-refractivity contribution >= 4 is 27.2 Å². The molecule has 3 N–H and O–H groups in total. The SMILES string of the molecule is CCC(=O)c1sc2ccccc2c1O.O. The van der Waals surface area contributed by atoms with E-state index in [2.05, 4.69) is 0 Å². The van der Waals surface area contributed by atoms with Gasteiger partial charge in [-0.1, -0.05) is 19.1 Å². The zero-order valence-corrected chi connectivity index (χ0v) is 9.10. The average molecular weight is 224 g/mol. The Hall–Kier alpha value is -1.39. The molecule has 0 radical (unpaired) electrons. The van der Waals surface area contributed by atoms with E-state index in [-0.39, 0.29) is 17.0 Å². The topological polar surface area (TPSA) is 68.8 Å². The van der Waals surface area contributed by atoms with Crippen LogP contribution in [0.15, 0.2) is 24.3 Å². The summed E-state index contributed by atoms with van der Waals surface area (Å²) in [4.78, 5) is 11.9. The van der Waals surface area contributed by atoms with E-state index in [1.165, 1.54) is 11.3 Å². The van der Waals surface area contributed by atoms with Crippen LogP contribution in [-0.2, 0) is 0 Å². The lowest BCUT2D eigenvalue weighted by atomic mass is 10.2. The second-order valence-corrected chi connectivity index (χ2v) is 4.10. The van der Waals surface area contributed by atoms with E-state index in [9.17, 15) is 9.90 Å². The summed E-state index contributed by atoms with van der Waals surface area (Å²) < 4.78 is 0.960. The summed E-state index contributed by atoms with van der Waals surface area (Å²) in [5, 5.41) is 10.6. The Morgan fingerprint density at radius 2 is 2.07 bits per heavy atom. The fourth-order valence-corrected chi connectivity index (χ4v) is 2.49. The molecule has 4 heteroatoms. The van der Waals surface area contributed by atoms with Crippen LogP contribution in [0.1, 0.15) is 23.0 Å². The molecule has 2 aromatic rings. The maximum absolute atomic E-state index is 11.5. The number of carbonyl (C=O) groups is 1. The number of hydrogen-bond acceptors (Lipinski definition) is 3. The lowest BCUT2D eigenvalue weighted by Crippen LogP contribution is -1.91. The predicted octanol–water partition coefficient (Wildman–Crippen LogP) is 2.37. The van der Waals surface area contributed by atoms with Crippen LogP contribution in [0.4, 0.5) is 0 Å². The zero-order chi connectivity index (χ0) is 10.1. The van der Waals surface area contributed by atoms with Gasteiger partial charge in [0.15, 0.2) is 5.78 Å². The molecule has 2 rings (SSSR count). The first-order valence-electron chi connectivity index (χ1n) is 4.47. The highest BCUT2D eigenvalue weighted by Gasteiger charge is 2.15. The van der Waals surface area contributed by atoms with Gasteiger partial charge in [0.25, 0.3) is 0 Å². The fraction of sp³-hybridized carbons (Fsp3) is 0.182. The van der Waals surface area contributed by atoms with Gasteiger partial charge in [-0.15, -0.1) is 11.3 Å². The van der Waals surface area contributed by atoms with Crippen LogP contribution in [0.3, 0.4) is 0 Å². The average Bonchev–Trinajstić information content (AvgIpc) is 2.56. The number of aromatic hydroxyl groups is 1. The first-order chi connectivity index (χ1) is 6.74. The summed E-state index contributed by atoms with van der Waals surface area (Å²) in [6, 6.07) is 7.49. The highest BCUT2D eigenvalue weighted by molar-refractivity contribution is 7.21. The molecule has 0 saturated carbocycles. The van der Waals surface area contributed by atoms with Gasteiger partial charge in [0.2, 0.25) is 0 Å². The van der Waals surface area contributed by atoms with Crippen LogP contribution >= 0.6 is 11.3 Å². The van der Waals surface area contributed by atoms with E-state index in [0.717, 1.165) is 10.1 Å². The molecule has 0 bridgehead atoms. The molecule has 80 valence electrons. The maximum Gasteiger partial charge on any atom is 0.176 e. The monoisotopic (exact) mass is 224 g/mol. The van der Waals surface area contributed by atoms with Crippen molar-refractivity contribution in [2.45, 2.75) is 13.3 Å². The molecule has 1 heterocycles. The highest BCUT2D eigenvalue weighted by Crippen LogP contribution is 2.37. The van der Waals surface area contributed by atoms with Crippen molar-refractivity contribution in [3.63, 3.8) is 0 Å². The fourth-order valence-electron chi connectivity index (χ4n) is 1.38. The third-order valence-electron chi connectivity index (χ3n) is 2.14. The lowest BCUT2D eigenvalue weighted by molar-refractivity contribution is 0.0990. The summed E-state index contributed by atoms with van der Waals surface area (Å²) in [5.41, 5.74) is 0. The summed E-state index contributed by atoms with van der Waals surface area (Å²) in [7, 11) is 0. The molecule has 0 spiro atoms. The van der Waals surface area contributed by atoms with Gasteiger partial charge in [0, 0.05) is 16.5 Å². The van der Waals surface area contributed by atoms with Crippen molar-refractivity contribution in [3.05, 3.63) is 29.1 Å². The van der Waals surface area contributed by atoms with E-state index in [1.54, 1.807) is 6.92 Å². The van der Waals surface area contributed by atoms with E-state index in [4.69, 9.17) is 0 Å². The molecule has 0 aliphatic heterocycles. The van der Waals surface area contributed by atoms with Crippen LogP contribution in [-0.4, -0.2) is 16.4 Å². The minimum Gasteiger partial charge on any atom is -0.506 e. The van der Waals surface area contributed by atoms with E-state index in [1.807, 2.05) is 24.3 Å². The maximum atomic E-state index is 11.5. The summed E-state index contributed by atoms with van der Waals surface area (Å²) in [6.45, 7) is 1.80. The molecule has 0 unspecified atom stereocenters. The molecule has 15 heavy (non-hydrogen) atoms. The van der Waals surface area contributed by atoms with Gasteiger partial charge in [0.05, 0.1) is 0 Å². The molecule has 1 aromatic heterocycles. The third kappa shape index (κ3) is 1.86. The molecule has 3 nitrogen and oxygen atoms in total. The first kappa shape index (κ1) is 11.7. The van der Waals surface area contributed by atoms with E-state index in [0.29, 0.717) is 11.3 Å². The number of rotatable bonds is 2. The molecular weight excluding hydrogens is 212 g/mol.